The molecule has 4 rings (SSSR count). The summed E-state index contributed by atoms with van der Waals surface area (Å²) in [5.74, 6) is 0.403. The van der Waals surface area contributed by atoms with Crippen molar-refractivity contribution in [3.8, 4) is 11.3 Å². The fourth-order valence-corrected chi connectivity index (χ4v) is 3.77. The second-order valence-corrected chi connectivity index (χ2v) is 7.87. The molecule has 0 radical (unpaired) electrons. The highest BCUT2D eigenvalue weighted by Gasteiger charge is 2.23. The predicted octanol–water partition coefficient (Wildman–Crippen LogP) is 3.50. The molecule has 32 heavy (non-hydrogen) atoms. The van der Waals surface area contributed by atoms with Crippen LogP contribution in [0.2, 0.25) is 0 Å². The fourth-order valence-electron chi connectivity index (χ4n) is 3.77. The van der Waals surface area contributed by atoms with Gasteiger partial charge in [-0.3, -0.25) is 14.3 Å². The summed E-state index contributed by atoms with van der Waals surface area (Å²) < 4.78 is 19.9. The zero-order chi connectivity index (χ0) is 22.5. The van der Waals surface area contributed by atoms with E-state index in [0.717, 1.165) is 18.4 Å². The molecule has 1 aliphatic heterocycles. The topological polar surface area (TPSA) is 80.4 Å². The van der Waals surface area contributed by atoms with Gasteiger partial charge in [0.2, 0.25) is 5.91 Å². The first kappa shape index (κ1) is 21.5. The molecule has 1 aliphatic rings. The Balaban J connectivity index is 1.26. The number of furan rings is 1. The summed E-state index contributed by atoms with van der Waals surface area (Å²) in [5, 5.41) is 7.35. The quantitative estimate of drug-likeness (QED) is 0.600. The van der Waals surface area contributed by atoms with Crippen molar-refractivity contribution in [1.82, 2.24) is 20.0 Å². The molecule has 2 amide bonds. The van der Waals surface area contributed by atoms with Crippen LogP contribution in [0.4, 0.5) is 4.39 Å². The maximum Gasteiger partial charge on any atom is 0.269 e. The number of hydrogen-bond acceptors (Lipinski definition) is 4. The molecule has 7 nitrogen and oxygen atoms in total. The third-order valence-corrected chi connectivity index (χ3v) is 5.66. The molecular formula is C24H25FN4O3. The van der Waals surface area contributed by atoms with E-state index in [1.54, 1.807) is 49.7 Å². The van der Waals surface area contributed by atoms with Crippen molar-refractivity contribution < 1.29 is 18.4 Å². The summed E-state index contributed by atoms with van der Waals surface area (Å²) in [6, 6.07) is 11.3. The Morgan fingerprint density at radius 2 is 1.97 bits per heavy atom. The molecule has 3 heterocycles. The van der Waals surface area contributed by atoms with E-state index in [9.17, 15) is 14.0 Å². The van der Waals surface area contributed by atoms with Crippen LogP contribution in [0, 0.1) is 11.7 Å². The van der Waals surface area contributed by atoms with Gasteiger partial charge in [-0.15, -0.1) is 0 Å². The molecule has 166 valence electrons. The number of benzene rings is 1. The third-order valence-electron chi connectivity index (χ3n) is 5.66. The van der Waals surface area contributed by atoms with Crippen molar-refractivity contribution in [2.75, 3.05) is 19.6 Å². The van der Waals surface area contributed by atoms with Crippen LogP contribution < -0.4 is 5.32 Å². The first-order chi connectivity index (χ1) is 15.5. The Hall–Kier alpha value is -3.68. The van der Waals surface area contributed by atoms with Crippen LogP contribution in [-0.4, -0.2) is 46.1 Å². The molecule has 1 saturated heterocycles. The van der Waals surface area contributed by atoms with Crippen molar-refractivity contribution in [2.45, 2.75) is 12.8 Å². The van der Waals surface area contributed by atoms with Gasteiger partial charge in [-0.05, 0) is 67.3 Å². The molecule has 0 unspecified atom stereocenters. The van der Waals surface area contributed by atoms with Crippen molar-refractivity contribution in [1.29, 1.82) is 0 Å². The van der Waals surface area contributed by atoms with Crippen LogP contribution in [-0.2, 0) is 11.8 Å². The number of carbonyl (C=O) groups is 2. The minimum Gasteiger partial charge on any atom is -0.465 e. The van der Waals surface area contributed by atoms with Crippen LogP contribution >= 0.6 is 0 Å². The smallest absolute Gasteiger partial charge is 0.269 e. The maximum absolute atomic E-state index is 13.1. The Labute approximate surface area is 185 Å². The largest absolute Gasteiger partial charge is 0.465 e. The second-order valence-electron chi connectivity index (χ2n) is 7.87. The number of nitrogens with one attached hydrogen (secondary N) is 1. The average molecular weight is 436 g/mol. The highest BCUT2D eigenvalue weighted by molar-refractivity contribution is 5.93. The number of likely N-dealkylation sites (tertiary alicyclic amines) is 1. The molecule has 0 saturated carbocycles. The number of hydrogen-bond donors (Lipinski definition) is 1. The van der Waals surface area contributed by atoms with E-state index in [2.05, 4.69) is 10.4 Å². The monoisotopic (exact) mass is 436 g/mol. The lowest BCUT2D eigenvalue weighted by Gasteiger charge is -2.31. The molecule has 2 aromatic heterocycles. The summed E-state index contributed by atoms with van der Waals surface area (Å²) in [6.07, 6.45) is 6.42. The van der Waals surface area contributed by atoms with Crippen LogP contribution in [0.15, 0.2) is 59.2 Å². The molecule has 8 heteroatoms. The summed E-state index contributed by atoms with van der Waals surface area (Å²) in [4.78, 5) is 26.8. The van der Waals surface area contributed by atoms with Gasteiger partial charge < -0.3 is 14.6 Å². The van der Waals surface area contributed by atoms with E-state index < -0.39 is 0 Å². The number of piperidine rings is 1. The highest BCUT2D eigenvalue weighted by atomic mass is 19.1. The second kappa shape index (κ2) is 9.64. The van der Waals surface area contributed by atoms with Crippen molar-refractivity contribution in [2.24, 2.45) is 13.0 Å². The van der Waals surface area contributed by atoms with Gasteiger partial charge in [-0.1, -0.05) is 0 Å². The van der Waals surface area contributed by atoms with Crippen molar-refractivity contribution in [3.05, 3.63) is 72.1 Å². The number of carbonyl (C=O) groups excluding carboxylic acids is 2. The highest BCUT2D eigenvalue weighted by Crippen LogP contribution is 2.20. The number of nitrogens with zero attached hydrogens (tertiary/aromatic N) is 3. The fraction of sp³-hybridized carbons (Fsp3) is 0.292. The van der Waals surface area contributed by atoms with Gasteiger partial charge in [0.1, 0.15) is 17.3 Å². The number of amides is 2. The van der Waals surface area contributed by atoms with E-state index in [1.807, 2.05) is 4.90 Å². The van der Waals surface area contributed by atoms with E-state index in [4.69, 9.17) is 4.42 Å². The standard InChI is InChI=1S/C24H25FN4O3/c1-28-22(15-21(27-28)18-4-6-19(25)7-5-18)24(31)26-16-17-10-12-29(13-11-17)23(30)9-8-20-3-2-14-32-20/h2-9,14-15,17H,10-13,16H2,1H3,(H,26,31)/b9-8+. The number of aryl methyl sites for hydroxylation is 1. The Kier molecular flexibility index (Phi) is 6.49. The van der Waals surface area contributed by atoms with Crippen LogP contribution in [0.5, 0.6) is 0 Å². The van der Waals surface area contributed by atoms with Gasteiger partial charge >= 0.3 is 0 Å². The lowest BCUT2D eigenvalue weighted by atomic mass is 9.96. The van der Waals surface area contributed by atoms with Crippen LogP contribution in [0.3, 0.4) is 0 Å². The zero-order valence-electron chi connectivity index (χ0n) is 17.8. The number of aromatic nitrogens is 2. The SMILES string of the molecule is Cn1nc(-c2ccc(F)cc2)cc1C(=O)NCC1CCN(C(=O)/C=C/c2ccco2)CC1. The molecule has 1 aromatic carbocycles. The van der Waals surface area contributed by atoms with Crippen molar-refractivity contribution in [3.63, 3.8) is 0 Å². The molecule has 0 aliphatic carbocycles. The van der Waals surface area contributed by atoms with Gasteiger partial charge in [-0.2, -0.15) is 5.10 Å². The summed E-state index contributed by atoms with van der Waals surface area (Å²) in [7, 11) is 1.71. The number of halogens is 1. The lowest BCUT2D eigenvalue weighted by Crippen LogP contribution is -2.41. The Morgan fingerprint density at radius 1 is 1.22 bits per heavy atom. The predicted molar refractivity (Wildman–Crippen MR) is 118 cm³/mol. The summed E-state index contributed by atoms with van der Waals surface area (Å²) >= 11 is 0. The Bertz CT molecular complexity index is 1090. The van der Waals surface area contributed by atoms with E-state index in [-0.39, 0.29) is 17.6 Å². The Morgan fingerprint density at radius 3 is 2.66 bits per heavy atom. The first-order valence-electron chi connectivity index (χ1n) is 10.6. The van der Waals surface area contributed by atoms with E-state index in [0.29, 0.717) is 42.7 Å². The maximum atomic E-state index is 13.1. The minimum atomic E-state index is -0.316. The van der Waals surface area contributed by atoms with Gasteiger partial charge in [0.15, 0.2) is 0 Å². The molecule has 0 atom stereocenters. The van der Waals surface area contributed by atoms with Gasteiger partial charge in [0.25, 0.3) is 5.91 Å². The van der Waals surface area contributed by atoms with Crippen LogP contribution in [0.25, 0.3) is 17.3 Å². The normalized spacial score (nSPS) is 14.8. The summed E-state index contributed by atoms with van der Waals surface area (Å²) in [6.45, 7) is 1.85. The lowest BCUT2D eigenvalue weighted by molar-refractivity contribution is -0.127. The minimum absolute atomic E-state index is 0.0351. The van der Waals surface area contributed by atoms with E-state index >= 15 is 0 Å². The van der Waals surface area contributed by atoms with Crippen LogP contribution in [0.1, 0.15) is 29.1 Å². The molecule has 3 aromatic rings. The van der Waals surface area contributed by atoms with Gasteiger partial charge in [0.05, 0.1) is 12.0 Å². The summed E-state index contributed by atoms with van der Waals surface area (Å²) in [5.41, 5.74) is 1.81. The molecule has 0 spiro atoms. The number of rotatable bonds is 6. The first-order valence-corrected chi connectivity index (χ1v) is 10.6. The average Bonchev–Trinajstić information content (AvgIpc) is 3.46. The molecule has 1 N–H and O–H groups in total. The third kappa shape index (κ3) is 5.14. The molecule has 1 fully saturated rings. The van der Waals surface area contributed by atoms with Gasteiger partial charge in [-0.25, -0.2) is 4.39 Å². The molecule has 0 bridgehead atoms. The zero-order valence-corrected chi connectivity index (χ0v) is 17.8. The van der Waals surface area contributed by atoms with E-state index in [1.165, 1.54) is 22.9 Å². The molecular weight excluding hydrogens is 411 g/mol. The van der Waals surface area contributed by atoms with Crippen molar-refractivity contribution >= 4 is 17.9 Å². The van der Waals surface area contributed by atoms with Gasteiger partial charge in [0, 0.05) is 38.3 Å².